The standard InChI is InChI=1S/C14H15NO2/c1-10(16)15-13-7-2-11(3-8-13)4-9-14(17)12-5-6-12/h2-4,7-9,12H,5-6H2,1H3,(H,15,16)/b9-4+. The number of amides is 1. The molecule has 0 aliphatic heterocycles. The second-order valence-electron chi connectivity index (χ2n) is 4.31. The molecule has 1 saturated carbocycles. The Morgan fingerprint density at radius 3 is 2.41 bits per heavy atom. The number of hydrogen-bond acceptors (Lipinski definition) is 2. The monoisotopic (exact) mass is 229 g/mol. The van der Waals surface area contributed by atoms with E-state index in [1.165, 1.54) is 6.92 Å². The Morgan fingerprint density at radius 2 is 1.88 bits per heavy atom. The van der Waals surface area contributed by atoms with Gasteiger partial charge in [-0.3, -0.25) is 9.59 Å². The van der Waals surface area contributed by atoms with Crippen LogP contribution in [0.25, 0.3) is 6.08 Å². The number of nitrogens with one attached hydrogen (secondary N) is 1. The highest BCUT2D eigenvalue weighted by Crippen LogP contribution is 2.30. The Morgan fingerprint density at radius 1 is 1.24 bits per heavy atom. The molecule has 0 bridgehead atoms. The van der Waals surface area contributed by atoms with E-state index >= 15 is 0 Å². The minimum absolute atomic E-state index is 0.0859. The maximum atomic E-state index is 11.4. The topological polar surface area (TPSA) is 46.2 Å². The molecule has 1 amide bonds. The zero-order chi connectivity index (χ0) is 12.3. The van der Waals surface area contributed by atoms with Crippen LogP contribution in [0.3, 0.4) is 0 Å². The third kappa shape index (κ3) is 3.55. The van der Waals surface area contributed by atoms with Crippen LogP contribution in [-0.4, -0.2) is 11.7 Å². The molecule has 0 saturated heterocycles. The molecule has 0 heterocycles. The van der Waals surface area contributed by atoms with Gasteiger partial charge in [0.05, 0.1) is 0 Å². The molecule has 1 aromatic rings. The molecule has 0 unspecified atom stereocenters. The number of allylic oxidation sites excluding steroid dienone is 1. The van der Waals surface area contributed by atoms with Gasteiger partial charge in [-0.1, -0.05) is 18.2 Å². The highest BCUT2D eigenvalue weighted by atomic mass is 16.1. The van der Waals surface area contributed by atoms with Crippen molar-refractivity contribution in [2.45, 2.75) is 19.8 Å². The number of ketones is 1. The van der Waals surface area contributed by atoms with Gasteiger partial charge in [-0.25, -0.2) is 0 Å². The Hall–Kier alpha value is -1.90. The fourth-order valence-electron chi connectivity index (χ4n) is 1.56. The van der Waals surface area contributed by atoms with E-state index < -0.39 is 0 Å². The molecule has 0 spiro atoms. The van der Waals surface area contributed by atoms with E-state index in [4.69, 9.17) is 0 Å². The van der Waals surface area contributed by atoms with Gasteiger partial charge in [0.25, 0.3) is 0 Å². The van der Waals surface area contributed by atoms with Crippen LogP contribution in [0, 0.1) is 5.92 Å². The smallest absolute Gasteiger partial charge is 0.221 e. The quantitative estimate of drug-likeness (QED) is 0.807. The zero-order valence-corrected chi connectivity index (χ0v) is 9.77. The van der Waals surface area contributed by atoms with Gasteiger partial charge in [0, 0.05) is 18.5 Å². The summed E-state index contributed by atoms with van der Waals surface area (Å²) in [7, 11) is 0. The number of carbonyl (C=O) groups is 2. The van der Waals surface area contributed by atoms with Gasteiger partial charge in [0.2, 0.25) is 5.91 Å². The SMILES string of the molecule is CC(=O)Nc1ccc(/C=C/C(=O)C2CC2)cc1. The van der Waals surface area contributed by atoms with E-state index in [0.29, 0.717) is 0 Å². The second-order valence-corrected chi connectivity index (χ2v) is 4.31. The van der Waals surface area contributed by atoms with Crippen molar-refractivity contribution < 1.29 is 9.59 Å². The summed E-state index contributed by atoms with van der Waals surface area (Å²) in [5.41, 5.74) is 1.73. The van der Waals surface area contributed by atoms with E-state index in [0.717, 1.165) is 24.1 Å². The predicted octanol–water partition coefficient (Wildman–Crippen LogP) is 2.64. The van der Waals surface area contributed by atoms with Crippen LogP contribution >= 0.6 is 0 Å². The lowest BCUT2D eigenvalue weighted by atomic mass is 10.1. The van der Waals surface area contributed by atoms with Crippen molar-refractivity contribution in [2.75, 3.05) is 5.32 Å². The van der Waals surface area contributed by atoms with Crippen LogP contribution in [0.1, 0.15) is 25.3 Å². The van der Waals surface area contributed by atoms with Gasteiger partial charge in [-0.15, -0.1) is 0 Å². The van der Waals surface area contributed by atoms with Gasteiger partial charge in [0.15, 0.2) is 5.78 Å². The molecule has 1 aromatic carbocycles. The van der Waals surface area contributed by atoms with Crippen molar-refractivity contribution in [2.24, 2.45) is 5.92 Å². The van der Waals surface area contributed by atoms with E-state index in [1.807, 2.05) is 30.3 Å². The van der Waals surface area contributed by atoms with Crippen LogP contribution in [-0.2, 0) is 9.59 Å². The van der Waals surface area contributed by atoms with Crippen LogP contribution < -0.4 is 5.32 Å². The minimum Gasteiger partial charge on any atom is -0.326 e. The third-order valence-electron chi connectivity index (χ3n) is 2.65. The van der Waals surface area contributed by atoms with Crippen molar-refractivity contribution in [1.29, 1.82) is 0 Å². The fraction of sp³-hybridized carbons (Fsp3) is 0.286. The lowest BCUT2D eigenvalue weighted by molar-refractivity contribution is -0.116. The first kappa shape index (κ1) is 11.6. The summed E-state index contributed by atoms with van der Waals surface area (Å²) in [5, 5.41) is 2.70. The maximum Gasteiger partial charge on any atom is 0.221 e. The number of anilines is 1. The van der Waals surface area contributed by atoms with Crippen molar-refractivity contribution in [1.82, 2.24) is 0 Å². The van der Waals surface area contributed by atoms with Crippen LogP contribution in [0.2, 0.25) is 0 Å². The largest absolute Gasteiger partial charge is 0.326 e. The summed E-state index contributed by atoms with van der Waals surface area (Å²) >= 11 is 0. The first-order chi connectivity index (χ1) is 8.15. The number of rotatable bonds is 4. The summed E-state index contributed by atoms with van der Waals surface area (Å²) in [6.45, 7) is 1.47. The normalized spacial score (nSPS) is 14.9. The highest BCUT2D eigenvalue weighted by Gasteiger charge is 2.27. The zero-order valence-electron chi connectivity index (χ0n) is 9.77. The molecule has 1 aliphatic carbocycles. The molecule has 0 aromatic heterocycles. The average Bonchev–Trinajstić information content (AvgIpc) is 3.11. The van der Waals surface area contributed by atoms with E-state index in [-0.39, 0.29) is 17.6 Å². The summed E-state index contributed by atoms with van der Waals surface area (Å²) in [6.07, 6.45) is 5.53. The van der Waals surface area contributed by atoms with Gasteiger partial charge in [-0.05, 0) is 36.6 Å². The van der Waals surface area contributed by atoms with Gasteiger partial charge >= 0.3 is 0 Å². The first-order valence-corrected chi connectivity index (χ1v) is 5.75. The Labute approximate surface area is 101 Å². The van der Waals surface area contributed by atoms with E-state index in [2.05, 4.69) is 5.32 Å². The predicted molar refractivity (Wildman–Crippen MR) is 67.5 cm³/mol. The Balaban J connectivity index is 1.97. The van der Waals surface area contributed by atoms with Crippen LogP contribution in [0.5, 0.6) is 0 Å². The Kier molecular flexibility index (Phi) is 3.38. The third-order valence-corrected chi connectivity index (χ3v) is 2.65. The summed E-state index contributed by atoms with van der Waals surface area (Å²) in [6, 6.07) is 7.40. The lowest BCUT2D eigenvalue weighted by Crippen LogP contribution is -2.05. The molecular weight excluding hydrogens is 214 g/mol. The molecule has 1 fully saturated rings. The molecule has 3 nitrogen and oxygen atoms in total. The molecule has 2 rings (SSSR count). The Bertz CT molecular complexity index is 456. The molecular formula is C14H15NO2. The molecule has 3 heteroatoms. The highest BCUT2D eigenvalue weighted by molar-refractivity contribution is 5.96. The number of benzene rings is 1. The number of carbonyl (C=O) groups excluding carboxylic acids is 2. The fourth-order valence-corrected chi connectivity index (χ4v) is 1.56. The molecule has 88 valence electrons. The molecule has 0 atom stereocenters. The summed E-state index contributed by atoms with van der Waals surface area (Å²) in [5.74, 6) is 0.401. The maximum absolute atomic E-state index is 11.4. The van der Waals surface area contributed by atoms with Crippen LogP contribution in [0.15, 0.2) is 30.3 Å². The van der Waals surface area contributed by atoms with Crippen molar-refractivity contribution in [3.63, 3.8) is 0 Å². The van der Waals surface area contributed by atoms with Crippen LogP contribution in [0.4, 0.5) is 5.69 Å². The van der Waals surface area contributed by atoms with Gasteiger partial charge < -0.3 is 5.32 Å². The first-order valence-electron chi connectivity index (χ1n) is 5.75. The van der Waals surface area contributed by atoms with Crippen molar-refractivity contribution in [3.8, 4) is 0 Å². The lowest BCUT2D eigenvalue weighted by Gasteiger charge is -2.01. The molecule has 0 radical (unpaired) electrons. The molecule has 17 heavy (non-hydrogen) atoms. The van der Waals surface area contributed by atoms with E-state index in [9.17, 15) is 9.59 Å². The van der Waals surface area contributed by atoms with Crippen molar-refractivity contribution in [3.05, 3.63) is 35.9 Å². The summed E-state index contributed by atoms with van der Waals surface area (Å²) < 4.78 is 0. The van der Waals surface area contributed by atoms with E-state index in [1.54, 1.807) is 6.08 Å². The van der Waals surface area contributed by atoms with Gasteiger partial charge in [-0.2, -0.15) is 0 Å². The molecule has 1 N–H and O–H groups in total. The van der Waals surface area contributed by atoms with Crippen molar-refractivity contribution >= 4 is 23.5 Å². The minimum atomic E-state index is -0.0859. The molecule has 1 aliphatic rings. The second kappa shape index (κ2) is 4.95. The van der Waals surface area contributed by atoms with Gasteiger partial charge in [0.1, 0.15) is 0 Å². The summed E-state index contributed by atoms with van der Waals surface area (Å²) in [4.78, 5) is 22.3. The number of hydrogen-bond donors (Lipinski definition) is 1. The average molecular weight is 229 g/mol.